The second-order valence-electron chi connectivity index (χ2n) is 10.7. The Balaban J connectivity index is 1.39. The number of amides is 2. The van der Waals surface area contributed by atoms with Crippen LogP contribution in [0.4, 0.5) is 11.5 Å². The second kappa shape index (κ2) is 10.1. The molecule has 3 N–H and O–H groups in total. The standard InChI is InChI=1S/C28H37N7O2/c1-5-19-12-21(14-30-26(19)29)31-27(36)28(37)35-15-18(4)6-8-23(35)20-7-9-24-22(13-20)32-25-16-33(17(2)3)10-11-34(24)25/h7,9,12-14,17-18,23H,5-6,8,10-11,15-16H2,1-4H3,(H2,29,30)(H,31,36)/t18-,23+/m0/s1. The summed E-state index contributed by atoms with van der Waals surface area (Å²) < 4.78 is 2.31. The topological polar surface area (TPSA) is 109 Å². The summed E-state index contributed by atoms with van der Waals surface area (Å²) >= 11 is 0. The Morgan fingerprint density at radius 1 is 1.19 bits per heavy atom. The molecule has 2 aliphatic heterocycles. The summed E-state index contributed by atoms with van der Waals surface area (Å²) in [5.74, 6) is 0.664. The minimum Gasteiger partial charge on any atom is -0.383 e. The van der Waals surface area contributed by atoms with Crippen LogP contribution in [0.2, 0.25) is 0 Å². The maximum Gasteiger partial charge on any atom is 0.313 e. The number of carbonyl (C=O) groups is 2. The molecule has 9 nitrogen and oxygen atoms in total. The van der Waals surface area contributed by atoms with Crippen LogP contribution < -0.4 is 11.1 Å². The van der Waals surface area contributed by atoms with E-state index in [2.05, 4.69) is 58.7 Å². The average molecular weight is 504 g/mol. The molecule has 2 aliphatic rings. The quantitative estimate of drug-likeness (QED) is 0.525. The number of pyridine rings is 1. The summed E-state index contributed by atoms with van der Waals surface area (Å²) in [6.07, 6.45) is 3.99. The van der Waals surface area contributed by atoms with E-state index >= 15 is 0 Å². The third-order valence-corrected chi connectivity index (χ3v) is 7.83. The first-order chi connectivity index (χ1) is 17.7. The van der Waals surface area contributed by atoms with Crippen molar-refractivity contribution in [1.82, 2.24) is 24.3 Å². The highest BCUT2D eigenvalue weighted by molar-refractivity contribution is 6.39. The van der Waals surface area contributed by atoms with Gasteiger partial charge >= 0.3 is 11.8 Å². The Hall–Kier alpha value is -3.46. The van der Waals surface area contributed by atoms with Crippen molar-refractivity contribution in [2.24, 2.45) is 5.92 Å². The third-order valence-electron chi connectivity index (χ3n) is 7.83. The molecule has 1 aromatic carbocycles. The van der Waals surface area contributed by atoms with E-state index in [1.807, 2.05) is 6.92 Å². The lowest BCUT2D eigenvalue weighted by Crippen LogP contribution is -2.46. The summed E-state index contributed by atoms with van der Waals surface area (Å²) in [5.41, 5.74) is 10.3. The van der Waals surface area contributed by atoms with Crippen LogP contribution in [0.25, 0.3) is 11.0 Å². The molecule has 0 radical (unpaired) electrons. The Kier molecular flexibility index (Phi) is 6.90. The van der Waals surface area contributed by atoms with Gasteiger partial charge in [0, 0.05) is 25.7 Å². The number of fused-ring (bicyclic) bond motifs is 3. The summed E-state index contributed by atoms with van der Waals surface area (Å²) in [6, 6.07) is 8.42. The molecule has 9 heteroatoms. The number of nitrogens with zero attached hydrogens (tertiary/aromatic N) is 5. The Bertz CT molecular complexity index is 1330. The number of rotatable bonds is 4. The zero-order valence-corrected chi connectivity index (χ0v) is 22.2. The van der Waals surface area contributed by atoms with Crippen LogP contribution in [0, 0.1) is 5.92 Å². The van der Waals surface area contributed by atoms with Crippen molar-refractivity contribution >= 4 is 34.4 Å². The number of aryl methyl sites for hydroxylation is 1. The van der Waals surface area contributed by atoms with Crippen LogP contribution in [-0.2, 0) is 29.1 Å². The maximum absolute atomic E-state index is 13.4. The van der Waals surface area contributed by atoms with Crippen LogP contribution in [-0.4, -0.2) is 55.3 Å². The smallest absolute Gasteiger partial charge is 0.313 e. The molecule has 196 valence electrons. The van der Waals surface area contributed by atoms with Gasteiger partial charge < -0.3 is 20.5 Å². The molecular formula is C28H37N7O2. The summed E-state index contributed by atoms with van der Waals surface area (Å²) in [7, 11) is 0. The molecule has 1 saturated heterocycles. The zero-order chi connectivity index (χ0) is 26.3. The van der Waals surface area contributed by atoms with Gasteiger partial charge in [0.05, 0.1) is 35.5 Å². The molecule has 2 aromatic heterocycles. The molecule has 37 heavy (non-hydrogen) atoms. The average Bonchev–Trinajstić information content (AvgIpc) is 3.26. The van der Waals surface area contributed by atoms with Gasteiger partial charge in [-0.25, -0.2) is 9.97 Å². The first-order valence-corrected chi connectivity index (χ1v) is 13.3. The van der Waals surface area contributed by atoms with Crippen LogP contribution >= 0.6 is 0 Å². The number of piperidine rings is 1. The number of likely N-dealkylation sites (tertiary alicyclic amines) is 1. The van der Waals surface area contributed by atoms with Crippen LogP contribution in [0.5, 0.6) is 0 Å². The fourth-order valence-electron chi connectivity index (χ4n) is 5.62. The molecule has 2 atom stereocenters. The number of hydrogen-bond acceptors (Lipinski definition) is 6. The van der Waals surface area contributed by atoms with Crippen molar-refractivity contribution in [2.75, 3.05) is 24.1 Å². The Labute approximate surface area is 218 Å². The van der Waals surface area contributed by atoms with Crippen LogP contribution in [0.15, 0.2) is 30.5 Å². The molecule has 4 heterocycles. The van der Waals surface area contributed by atoms with E-state index in [-0.39, 0.29) is 6.04 Å². The third kappa shape index (κ3) is 4.92. The van der Waals surface area contributed by atoms with E-state index in [0.717, 1.165) is 60.5 Å². The highest BCUT2D eigenvalue weighted by atomic mass is 16.2. The van der Waals surface area contributed by atoms with E-state index in [1.54, 1.807) is 11.0 Å². The van der Waals surface area contributed by atoms with Gasteiger partial charge in [-0.05, 0) is 68.4 Å². The van der Waals surface area contributed by atoms with Gasteiger partial charge in [-0.2, -0.15) is 0 Å². The molecule has 5 rings (SSSR count). The highest BCUT2D eigenvalue weighted by Gasteiger charge is 2.35. The molecule has 0 unspecified atom stereocenters. The van der Waals surface area contributed by atoms with Crippen molar-refractivity contribution < 1.29 is 9.59 Å². The fraction of sp³-hybridized carbons (Fsp3) is 0.500. The van der Waals surface area contributed by atoms with E-state index in [4.69, 9.17) is 10.7 Å². The lowest BCUT2D eigenvalue weighted by Gasteiger charge is -2.38. The first kappa shape index (κ1) is 25.2. The molecular weight excluding hydrogens is 466 g/mol. The monoisotopic (exact) mass is 503 g/mol. The minimum absolute atomic E-state index is 0.166. The molecule has 0 spiro atoms. The van der Waals surface area contributed by atoms with Crippen molar-refractivity contribution in [3.05, 3.63) is 47.4 Å². The predicted octanol–water partition coefficient (Wildman–Crippen LogP) is 3.74. The van der Waals surface area contributed by atoms with E-state index in [0.29, 0.717) is 36.4 Å². The Morgan fingerprint density at radius 3 is 2.76 bits per heavy atom. The lowest BCUT2D eigenvalue weighted by molar-refractivity contribution is -0.146. The van der Waals surface area contributed by atoms with Crippen LogP contribution in [0.1, 0.15) is 63.5 Å². The first-order valence-electron chi connectivity index (χ1n) is 13.3. The Morgan fingerprint density at radius 2 is 2.00 bits per heavy atom. The number of carbonyl (C=O) groups excluding carboxylic acids is 2. The van der Waals surface area contributed by atoms with Gasteiger partial charge in [-0.15, -0.1) is 0 Å². The predicted molar refractivity (Wildman–Crippen MR) is 145 cm³/mol. The van der Waals surface area contributed by atoms with Crippen LogP contribution in [0.3, 0.4) is 0 Å². The molecule has 2 amide bonds. The zero-order valence-electron chi connectivity index (χ0n) is 22.2. The summed E-state index contributed by atoms with van der Waals surface area (Å²) in [6.45, 7) is 11.8. The van der Waals surface area contributed by atoms with Crippen molar-refractivity contribution in [2.45, 2.75) is 72.1 Å². The molecule has 0 aliphatic carbocycles. The molecule has 1 fully saturated rings. The van der Waals surface area contributed by atoms with Crippen molar-refractivity contribution in [1.29, 1.82) is 0 Å². The number of anilines is 2. The fourth-order valence-corrected chi connectivity index (χ4v) is 5.62. The molecule has 0 bridgehead atoms. The molecule has 3 aromatic rings. The van der Waals surface area contributed by atoms with Gasteiger partial charge in [0.25, 0.3) is 0 Å². The van der Waals surface area contributed by atoms with Gasteiger partial charge in [-0.1, -0.05) is 19.9 Å². The number of hydrogen-bond donors (Lipinski definition) is 2. The number of aromatic nitrogens is 3. The van der Waals surface area contributed by atoms with Gasteiger partial charge in [-0.3, -0.25) is 14.5 Å². The second-order valence-corrected chi connectivity index (χ2v) is 10.7. The van der Waals surface area contributed by atoms with Gasteiger partial charge in [0.2, 0.25) is 0 Å². The van der Waals surface area contributed by atoms with E-state index in [9.17, 15) is 9.59 Å². The van der Waals surface area contributed by atoms with Crippen molar-refractivity contribution in [3.8, 4) is 0 Å². The summed E-state index contributed by atoms with van der Waals surface area (Å²) in [4.78, 5) is 39.7. The number of nitrogens with two attached hydrogens (primary N) is 1. The van der Waals surface area contributed by atoms with E-state index in [1.165, 1.54) is 6.20 Å². The van der Waals surface area contributed by atoms with E-state index < -0.39 is 11.8 Å². The normalized spacial score (nSPS) is 20.3. The number of benzene rings is 1. The number of imidazole rings is 1. The number of nitrogens with one attached hydrogen (secondary N) is 1. The highest BCUT2D eigenvalue weighted by Crippen LogP contribution is 2.35. The van der Waals surface area contributed by atoms with Crippen molar-refractivity contribution in [3.63, 3.8) is 0 Å². The summed E-state index contributed by atoms with van der Waals surface area (Å²) in [5, 5.41) is 2.74. The lowest BCUT2D eigenvalue weighted by atomic mass is 9.89. The number of nitrogen functional groups attached to an aromatic ring is 1. The maximum atomic E-state index is 13.4. The van der Waals surface area contributed by atoms with Gasteiger partial charge in [0.1, 0.15) is 11.6 Å². The molecule has 0 saturated carbocycles. The SMILES string of the molecule is CCc1cc(NC(=O)C(=O)N2C[C@@H](C)CC[C@@H]2c2ccc3c(c2)nc2n3CCN(C(C)C)C2)cnc1N. The minimum atomic E-state index is -0.653. The largest absolute Gasteiger partial charge is 0.383 e. The van der Waals surface area contributed by atoms with Gasteiger partial charge in [0.15, 0.2) is 0 Å².